The highest BCUT2D eigenvalue weighted by Gasteiger charge is 2.17. The number of hydrogen-bond donors (Lipinski definition) is 1. The van der Waals surface area contributed by atoms with Gasteiger partial charge < -0.3 is 9.88 Å². The van der Waals surface area contributed by atoms with Crippen molar-refractivity contribution >= 4 is 28.1 Å². The van der Waals surface area contributed by atoms with Crippen molar-refractivity contribution in [1.82, 2.24) is 9.88 Å². The van der Waals surface area contributed by atoms with Crippen LogP contribution in [0.25, 0.3) is 16.5 Å². The molecule has 94 valence electrons. The van der Waals surface area contributed by atoms with Crippen molar-refractivity contribution < 1.29 is 0 Å². The predicted octanol–water partition coefficient (Wildman–Crippen LogP) is 3.79. The van der Waals surface area contributed by atoms with Gasteiger partial charge in [0.05, 0.1) is 5.52 Å². The minimum absolute atomic E-state index is 0.586. The van der Waals surface area contributed by atoms with Gasteiger partial charge in [-0.1, -0.05) is 24.6 Å². The highest BCUT2D eigenvalue weighted by atomic mass is 35.5. The fourth-order valence-corrected chi connectivity index (χ4v) is 3.09. The molecule has 0 unspecified atom stereocenters. The van der Waals surface area contributed by atoms with Gasteiger partial charge in [0.2, 0.25) is 0 Å². The molecule has 0 fully saturated rings. The highest BCUT2D eigenvalue weighted by molar-refractivity contribution is 6.31. The Hall–Kier alpha value is -1.25. The maximum atomic E-state index is 6.22. The lowest BCUT2D eigenvalue weighted by atomic mass is 9.95. The van der Waals surface area contributed by atoms with Crippen molar-refractivity contribution in [3.8, 4) is 0 Å². The van der Waals surface area contributed by atoms with Crippen molar-refractivity contribution in [2.45, 2.75) is 6.92 Å². The minimum atomic E-state index is 0.586. The Bertz CT molecular complexity index is 612. The Labute approximate surface area is 112 Å². The molecule has 0 amide bonds. The number of likely N-dealkylation sites (N-methyl/N-ethyl adjacent to an activating group) is 1. The van der Waals surface area contributed by atoms with Crippen molar-refractivity contribution in [1.29, 1.82) is 0 Å². The SMILES string of the molecule is C[C@H]1C=C(c2cc(Cl)cc3cc[nH]c23)CN(C)C1. The standard InChI is InChI=1S/C15H17ClN2/c1-10-5-12(9-18(2)8-10)14-7-13(16)6-11-3-4-17-15(11)14/h3-7,10,17H,8-9H2,1-2H3/t10-/m0/s1. The summed E-state index contributed by atoms with van der Waals surface area (Å²) in [5.74, 6) is 0.586. The second-order valence-corrected chi connectivity index (χ2v) is 5.70. The number of hydrogen-bond acceptors (Lipinski definition) is 1. The molecule has 3 heteroatoms. The molecule has 18 heavy (non-hydrogen) atoms. The molecule has 1 N–H and O–H groups in total. The summed E-state index contributed by atoms with van der Waals surface area (Å²) in [6.45, 7) is 4.36. The lowest BCUT2D eigenvalue weighted by molar-refractivity contribution is 0.330. The second-order valence-electron chi connectivity index (χ2n) is 5.26. The third kappa shape index (κ3) is 2.06. The molecule has 0 bridgehead atoms. The van der Waals surface area contributed by atoms with Crippen LogP contribution in [0.2, 0.25) is 5.02 Å². The van der Waals surface area contributed by atoms with Gasteiger partial charge in [-0.05, 0) is 36.7 Å². The Morgan fingerprint density at radius 3 is 3.00 bits per heavy atom. The van der Waals surface area contributed by atoms with Crippen LogP contribution in [-0.2, 0) is 0 Å². The van der Waals surface area contributed by atoms with Gasteiger partial charge in [-0.3, -0.25) is 0 Å². The Morgan fingerprint density at radius 1 is 1.39 bits per heavy atom. The molecule has 2 nitrogen and oxygen atoms in total. The smallest absolute Gasteiger partial charge is 0.0531 e. The molecule has 1 aliphatic rings. The molecule has 1 aromatic heterocycles. The zero-order valence-corrected chi connectivity index (χ0v) is 11.5. The van der Waals surface area contributed by atoms with E-state index in [2.05, 4.69) is 42.1 Å². The molecule has 1 aliphatic heterocycles. The van der Waals surface area contributed by atoms with Crippen LogP contribution in [0.3, 0.4) is 0 Å². The van der Waals surface area contributed by atoms with Gasteiger partial charge in [-0.2, -0.15) is 0 Å². The highest BCUT2D eigenvalue weighted by Crippen LogP contribution is 2.31. The van der Waals surface area contributed by atoms with Crippen LogP contribution in [-0.4, -0.2) is 30.0 Å². The van der Waals surface area contributed by atoms with Gasteiger partial charge in [-0.25, -0.2) is 0 Å². The van der Waals surface area contributed by atoms with Crippen LogP contribution in [0.1, 0.15) is 12.5 Å². The summed E-state index contributed by atoms with van der Waals surface area (Å²) in [7, 11) is 2.17. The van der Waals surface area contributed by atoms with Crippen molar-refractivity contribution in [2.75, 3.05) is 20.1 Å². The molecule has 1 atom stereocenters. The van der Waals surface area contributed by atoms with Gasteiger partial charge in [0.25, 0.3) is 0 Å². The van der Waals surface area contributed by atoms with Crippen molar-refractivity contribution in [3.63, 3.8) is 0 Å². The van der Waals surface area contributed by atoms with Gasteiger partial charge in [-0.15, -0.1) is 0 Å². The summed E-state index contributed by atoms with van der Waals surface area (Å²) in [4.78, 5) is 5.68. The first kappa shape index (κ1) is 11.8. The molecule has 0 aliphatic carbocycles. The van der Waals surface area contributed by atoms with E-state index in [-0.39, 0.29) is 0 Å². The van der Waals surface area contributed by atoms with Gasteiger partial charge in [0.15, 0.2) is 0 Å². The van der Waals surface area contributed by atoms with E-state index < -0.39 is 0 Å². The topological polar surface area (TPSA) is 19.0 Å². The van der Waals surface area contributed by atoms with Crippen LogP contribution < -0.4 is 0 Å². The van der Waals surface area contributed by atoms with E-state index in [0.717, 1.165) is 18.1 Å². The summed E-state index contributed by atoms with van der Waals surface area (Å²) in [5.41, 5.74) is 3.79. The maximum Gasteiger partial charge on any atom is 0.0531 e. The van der Waals surface area contributed by atoms with E-state index in [0.29, 0.717) is 5.92 Å². The number of H-pyrrole nitrogens is 1. The number of nitrogens with zero attached hydrogens (tertiary/aromatic N) is 1. The van der Waals surface area contributed by atoms with E-state index in [4.69, 9.17) is 11.6 Å². The molecule has 0 spiro atoms. The predicted molar refractivity (Wildman–Crippen MR) is 77.9 cm³/mol. The molecule has 2 heterocycles. The Morgan fingerprint density at radius 2 is 2.22 bits per heavy atom. The number of fused-ring (bicyclic) bond motifs is 1. The first-order valence-electron chi connectivity index (χ1n) is 6.30. The first-order chi connectivity index (χ1) is 8.63. The lowest BCUT2D eigenvalue weighted by Gasteiger charge is -2.27. The van der Waals surface area contributed by atoms with Crippen LogP contribution >= 0.6 is 11.6 Å². The molecular weight excluding hydrogens is 244 g/mol. The van der Waals surface area contributed by atoms with E-state index in [1.807, 2.05) is 12.3 Å². The second kappa shape index (κ2) is 4.45. The third-order valence-corrected chi connectivity index (χ3v) is 3.71. The maximum absolute atomic E-state index is 6.22. The number of nitrogens with one attached hydrogen (secondary N) is 1. The van der Waals surface area contributed by atoms with Gasteiger partial charge in [0, 0.05) is 35.3 Å². The minimum Gasteiger partial charge on any atom is -0.361 e. The zero-order valence-electron chi connectivity index (χ0n) is 10.7. The largest absolute Gasteiger partial charge is 0.361 e. The van der Waals surface area contributed by atoms with E-state index in [1.165, 1.54) is 22.0 Å². The lowest BCUT2D eigenvalue weighted by Crippen LogP contribution is -2.29. The van der Waals surface area contributed by atoms with Gasteiger partial charge in [0.1, 0.15) is 0 Å². The molecule has 3 rings (SSSR count). The monoisotopic (exact) mass is 260 g/mol. The number of rotatable bonds is 1. The average Bonchev–Trinajstić information content (AvgIpc) is 2.74. The first-order valence-corrected chi connectivity index (χ1v) is 6.67. The molecule has 0 radical (unpaired) electrons. The summed E-state index contributed by atoms with van der Waals surface area (Å²) in [5, 5.41) is 1.98. The van der Waals surface area contributed by atoms with Crippen LogP contribution in [0, 0.1) is 5.92 Å². The van der Waals surface area contributed by atoms with E-state index in [9.17, 15) is 0 Å². The van der Waals surface area contributed by atoms with Crippen molar-refractivity contribution in [2.24, 2.45) is 5.92 Å². The molecular formula is C15H17ClN2. The number of benzene rings is 1. The number of aromatic nitrogens is 1. The summed E-state index contributed by atoms with van der Waals surface area (Å²) in [6, 6.07) is 6.15. The molecule has 0 saturated heterocycles. The van der Waals surface area contributed by atoms with Crippen LogP contribution in [0.4, 0.5) is 0 Å². The fourth-order valence-electron chi connectivity index (χ4n) is 2.86. The third-order valence-electron chi connectivity index (χ3n) is 3.50. The van der Waals surface area contributed by atoms with E-state index in [1.54, 1.807) is 0 Å². The molecule has 2 aromatic rings. The fraction of sp³-hybridized carbons (Fsp3) is 0.333. The molecule has 1 aromatic carbocycles. The molecule has 0 saturated carbocycles. The van der Waals surface area contributed by atoms with Gasteiger partial charge >= 0.3 is 0 Å². The van der Waals surface area contributed by atoms with Crippen LogP contribution in [0.5, 0.6) is 0 Å². The van der Waals surface area contributed by atoms with E-state index >= 15 is 0 Å². The van der Waals surface area contributed by atoms with Crippen molar-refractivity contribution in [3.05, 3.63) is 41.1 Å². The summed E-state index contributed by atoms with van der Waals surface area (Å²) < 4.78 is 0. The summed E-state index contributed by atoms with van der Waals surface area (Å²) in [6.07, 6.45) is 4.34. The quantitative estimate of drug-likeness (QED) is 0.827. The normalized spacial score (nSPS) is 21.3. The zero-order chi connectivity index (χ0) is 12.7. The Kier molecular flexibility index (Phi) is 2.92. The van der Waals surface area contributed by atoms with Crippen LogP contribution in [0.15, 0.2) is 30.5 Å². The Balaban J connectivity index is 2.16. The average molecular weight is 261 g/mol. The summed E-state index contributed by atoms with van der Waals surface area (Å²) >= 11 is 6.22. The number of halogens is 1. The number of aromatic amines is 1.